The monoisotopic (exact) mass is 339 g/mol. The molecule has 5 nitrogen and oxygen atoms in total. The van der Waals surface area contributed by atoms with E-state index in [4.69, 9.17) is 4.74 Å². The number of imidazole rings is 1. The Labute approximate surface area is 145 Å². The summed E-state index contributed by atoms with van der Waals surface area (Å²) >= 11 is 0. The van der Waals surface area contributed by atoms with E-state index in [2.05, 4.69) is 10.3 Å². The number of aromatic nitrogens is 2. The van der Waals surface area contributed by atoms with Crippen LogP contribution in [0.2, 0.25) is 0 Å². The molecule has 1 amide bonds. The van der Waals surface area contributed by atoms with E-state index in [1.165, 1.54) is 13.2 Å². The summed E-state index contributed by atoms with van der Waals surface area (Å²) in [5.74, 6) is -0.133. The summed E-state index contributed by atoms with van der Waals surface area (Å²) < 4.78 is 21.3. The molecule has 0 unspecified atom stereocenters. The van der Waals surface area contributed by atoms with E-state index in [0.717, 1.165) is 5.56 Å². The lowest BCUT2D eigenvalue weighted by Gasteiger charge is -2.16. The Balaban J connectivity index is 1.80. The highest BCUT2D eigenvalue weighted by Crippen LogP contribution is 2.22. The minimum Gasteiger partial charge on any atom is -0.367 e. The molecule has 0 aliphatic carbocycles. The van der Waals surface area contributed by atoms with E-state index in [1.807, 2.05) is 18.2 Å². The molecule has 0 bridgehead atoms. The van der Waals surface area contributed by atoms with E-state index in [1.54, 1.807) is 48.1 Å². The van der Waals surface area contributed by atoms with Gasteiger partial charge in [-0.15, -0.1) is 0 Å². The number of aryl methyl sites for hydroxylation is 1. The number of ether oxygens (including phenoxy) is 1. The summed E-state index contributed by atoms with van der Waals surface area (Å²) in [7, 11) is 1.46. The maximum absolute atomic E-state index is 14.4. The average Bonchev–Trinajstić information content (AvgIpc) is 3.02. The number of benzene rings is 2. The van der Waals surface area contributed by atoms with Gasteiger partial charge in [0.05, 0.1) is 5.69 Å². The number of hydrogen-bond acceptors (Lipinski definition) is 3. The van der Waals surface area contributed by atoms with Crippen molar-refractivity contribution in [2.45, 2.75) is 13.0 Å². The minimum atomic E-state index is -0.764. The second-order valence-electron chi connectivity index (χ2n) is 5.53. The number of anilines is 1. The van der Waals surface area contributed by atoms with Crippen molar-refractivity contribution < 1.29 is 13.9 Å². The van der Waals surface area contributed by atoms with Crippen molar-refractivity contribution in [1.29, 1.82) is 0 Å². The number of nitrogens with zero attached hydrogens (tertiary/aromatic N) is 2. The van der Waals surface area contributed by atoms with Gasteiger partial charge in [0.25, 0.3) is 5.91 Å². The van der Waals surface area contributed by atoms with Crippen molar-refractivity contribution in [3.63, 3.8) is 0 Å². The van der Waals surface area contributed by atoms with Gasteiger partial charge >= 0.3 is 0 Å². The Bertz CT molecular complexity index is 877. The quantitative estimate of drug-likeness (QED) is 0.772. The lowest BCUT2D eigenvalue weighted by atomic mass is 10.1. The third-order valence-corrected chi connectivity index (χ3v) is 3.88. The first-order chi connectivity index (χ1) is 12.1. The van der Waals surface area contributed by atoms with Crippen LogP contribution in [0.5, 0.6) is 0 Å². The SMILES string of the molecule is CO[C@H](C(=O)Nc1ccc(-n2ccnc2C)c(F)c1)c1ccccc1. The van der Waals surface area contributed by atoms with Crippen molar-refractivity contribution in [2.24, 2.45) is 0 Å². The maximum Gasteiger partial charge on any atom is 0.258 e. The molecular formula is C19H18FN3O2. The molecule has 0 aliphatic heterocycles. The first-order valence-corrected chi connectivity index (χ1v) is 7.78. The standard InChI is InChI=1S/C19H18FN3O2/c1-13-21-10-11-23(13)17-9-8-15(12-16(17)20)22-19(24)18(25-2)14-6-4-3-5-7-14/h3-12,18H,1-2H3,(H,22,24)/t18-/m0/s1. The number of carbonyl (C=O) groups is 1. The Morgan fingerprint density at radius 2 is 2.00 bits per heavy atom. The Hall–Kier alpha value is -2.99. The van der Waals surface area contributed by atoms with Crippen LogP contribution in [0.4, 0.5) is 10.1 Å². The molecule has 1 atom stereocenters. The molecule has 0 fully saturated rings. The number of hydrogen-bond donors (Lipinski definition) is 1. The molecule has 0 aliphatic rings. The smallest absolute Gasteiger partial charge is 0.258 e. The molecule has 0 saturated carbocycles. The molecule has 2 aromatic carbocycles. The van der Waals surface area contributed by atoms with Crippen LogP contribution in [0.1, 0.15) is 17.5 Å². The highest BCUT2D eigenvalue weighted by Gasteiger charge is 2.20. The summed E-state index contributed by atoms with van der Waals surface area (Å²) in [4.78, 5) is 16.5. The van der Waals surface area contributed by atoms with Gasteiger partial charge in [-0.2, -0.15) is 0 Å². The number of nitrogens with one attached hydrogen (secondary N) is 1. The van der Waals surface area contributed by atoms with Crippen LogP contribution in [-0.2, 0) is 9.53 Å². The van der Waals surface area contributed by atoms with Gasteiger partial charge in [-0.1, -0.05) is 30.3 Å². The second-order valence-corrected chi connectivity index (χ2v) is 5.53. The van der Waals surface area contributed by atoms with Crippen LogP contribution in [-0.4, -0.2) is 22.6 Å². The van der Waals surface area contributed by atoms with Crippen LogP contribution >= 0.6 is 0 Å². The Kier molecular flexibility index (Phi) is 4.90. The molecule has 6 heteroatoms. The lowest BCUT2D eigenvalue weighted by Crippen LogP contribution is -2.22. The van der Waals surface area contributed by atoms with E-state index < -0.39 is 11.9 Å². The summed E-state index contributed by atoms with van der Waals surface area (Å²) in [6, 6.07) is 13.7. The van der Waals surface area contributed by atoms with Crippen LogP contribution in [0, 0.1) is 12.7 Å². The fourth-order valence-corrected chi connectivity index (χ4v) is 2.64. The zero-order valence-corrected chi connectivity index (χ0v) is 13.9. The summed E-state index contributed by atoms with van der Waals surface area (Å²) in [6.07, 6.45) is 2.52. The molecule has 0 saturated heterocycles. The molecule has 128 valence electrons. The normalized spacial score (nSPS) is 12.0. The first kappa shape index (κ1) is 16.9. The van der Waals surface area contributed by atoms with Crippen molar-refractivity contribution in [3.05, 3.63) is 78.1 Å². The number of methoxy groups -OCH3 is 1. The minimum absolute atomic E-state index is 0.361. The predicted octanol–water partition coefficient (Wildman–Crippen LogP) is 3.65. The van der Waals surface area contributed by atoms with Gasteiger partial charge in [-0.3, -0.25) is 4.79 Å². The first-order valence-electron chi connectivity index (χ1n) is 7.78. The van der Waals surface area contributed by atoms with Crippen molar-refractivity contribution in [1.82, 2.24) is 9.55 Å². The van der Waals surface area contributed by atoms with Gasteiger partial charge < -0.3 is 14.6 Å². The van der Waals surface area contributed by atoms with Gasteiger partial charge in [0.1, 0.15) is 11.6 Å². The van der Waals surface area contributed by atoms with Crippen molar-refractivity contribution in [3.8, 4) is 5.69 Å². The van der Waals surface area contributed by atoms with E-state index >= 15 is 0 Å². The van der Waals surface area contributed by atoms with Gasteiger partial charge in [0.2, 0.25) is 0 Å². The topological polar surface area (TPSA) is 56.1 Å². The van der Waals surface area contributed by atoms with E-state index in [-0.39, 0.29) is 5.91 Å². The molecular weight excluding hydrogens is 321 g/mol. The fraction of sp³-hybridized carbons (Fsp3) is 0.158. The molecule has 1 aromatic heterocycles. The fourth-order valence-electron chi connectivity index (χ4n) is 2.64. The summed E-state index contributed by atoms with van der Waals surface area (Å²) in [5, 5.41) is 2.69. The van der Waals surface area contributed by atoms with E-state index in [0.29, 0.717) is 17.2 Å². The third-order valence-electron chi connectivity index (χ3n) is 3.88. The van der Waals surface area contributed by atoms with Crippen LogP contribution in [0.15, 0.2) is 60.9 Å². The zero-order valence-electron chi connectivity index (χ0n) is 13.9. The highest BCUT2D eigenvalue weighted by molar-refractivity contribution is 5.95. The number of rotatable bonds is 5. The van der Waals surface area contributed by atoms with Gasteiger partial charge in [0.15, 0.2) is 6.10 Å². The Morgan fingerprint density at radius 3 is 2.60 bits per heavy atom. The predicted molar refractivity (Wildman–Crippen MR) is 93.1 cm³/mol. The second kappa shape index (κ2) is 7.27. The van der Waals surface area contributed by atoms with Crippen molar-refractivity contribution in [2.75, 3.05) is 12.4 Å². The maximum atomic E-state index is 14.4. The number of carbonyl (C=O) groups excluding carboxylic acids is 1. The average molecular weight is 339 g/mol. The van der Waals surface area contributed by atoms with Gasteiger partial charge in [0, 0.05) is 25.2 Å². The lowest BCUT2D eigenvalue weighted by molar-refractivity contribution is -0.126. The van der Waals surface area contributed by atoms with Gasteiger partial charge in [-0.05, 0) is 30.7 Å². The van der Waals surface area contributed by atoms with Crippen molar-refractivity contribution >= 4 is 11.6 Å². The molecule has 1 heterocycles. The molecule has 3 rings (SSSR count). The van der Waals surface area contributed by atoms with Crippen LogP contribution < -0.4 is 5.32 Å². The molecule has 0 radical (unpaired) electrons. The molecule has 3 aromatic rings. The zero-order chi connectivity index (χ0) is 17.8. The molecule has 25 heavy (non-hydrogen) atoms. The molecule has 0 spiro atoms. The largest absolute Gasteiger partial charge is 0.367 e. The highest BCUT2D eigenvalue weighted by atomic mass is 19.1. The summed E-state index contributed by atoms with van der Waals surface area (Å²) in [6.45, 7) is 1.79. The van der Waals surface area contributed by atoms with Crippen LogP contribution in [0.3, 0.4) is 0 Å². The van der Waals surface area contributed by atoms with Crippen LogP contribution in [0.25, 0.3) is 5.69 Å². The number of halogens is 1. The van der Waals surface area contributed by atoms with E-state index in [9.17, 15) is 9.18 Å². The third kappa shape index (κ3) is 3.59. The summed E-state index contributed by atoms with van der Waals surface area (Å²) in [5.41, 5.74) is 1.47. The number of amides is 1. The molecule has 1 N–H and O–H groups in total. The Morgan fingerprint density at radius 1 is 1.24 bits per heavy atom. The van der Waals surface area contributed by atoms with Gasteiger partial charge in [-0.25, -0.2) is 9.37 Å².